The van der Waals surface area contributed by atoms with Crippen LogP contribution in [0.4, 0.5) is 0 Å². The van der Waals surface area contributed by atoms with E-state index in [1.165, 1.54) is 199 Å². The highest BCUT2D eigenvalue weighted by Crippen LogP contribution is 2.42. The summed E-state index contributed by atoms with van der Waals surface area (Å²) < 4.78 is 25.8. The van der Waals surface area contributed by atoms with Gasteiger partial charge in [-0.1, -0.05) is 219 Å². The van der Waals surface area contributed by atoms with Crippen LogP contribution in [0.5, 0.6) is 0 Å². The van der Waals surface area contributed by atoms with Crippen LogP contribution < -0.4 is 5.73 Å². The summed E-state index contributed by atoms with van der Waals surface area (Å²) in [6.45, 7) is 1.50. The Kier molecular flexibility index (Phi) is 40.3. The van der Waals surface area contributed by atoms with E-state index >= 15 is 0 Å². The summed E-state index contributed by atoms with van der Waals surface area (Å²) in [6, 6.07) is 0. The van der Waals surface area contributed by atoms with Crippen LogP contribution in [-0.4, -0.2) is 48.4 Å². The summed E-state index contributed by atoms with van der Waals surface area (Å²) in [5.74, 6) is -0.378. The second kappa shape index (κ2) is 40.7. The maximum absolute atomic E-state index is 11.8. The molecule has 0 aliphatic carbocycles. The lowest BCUT2D eigenvalue weighted by Crippen LogP contribution is -2.23. The first-order valence-corrected chi connectivity index (χ1v) is 23.6. The average Bonchev–Trinajstić information content (AvgIpc) is 3.12. The standard InChI is InChI=1S/C42H86NO7P/c1-2-3-4-5-6-7-8-9-10-11-12-13-14-15-16-17-18-19-20-21-22-23-24-25-26-27-28-29-30-31-32-33-34-35-36-42(45)48-39-41(44)40-50-51(46,47)49-38-37-43/h41,44H,2-40,43H2,1H3,(H,46,47). The van der Waals surface area contributed by atoms with E-state index in [1.807, 2.05) is 0 Å². The van der Waals surface area contributed by atoms with Crippen LogP contribution in [0.1, 0.15) is 232 Å². The van der Waals surface area contributed by atoms with Gasteiger partial charge < -0.3 is 20.5 Å². The third-order valence-electron chi connectivity index (χ3n) is 9.97. The van der Waals surface area contributed by atoms with Crippen molar-refractivity contribution in [2.75, 3.05) is 26.4 Å². The SMILES string of the molecule is CCCCCCCCCCCCCCCCCCCCCCCCCCCCCCCCCCCCC(=O)OCC(O)COP(=O)(O)OCCN. The number of phosphoric ester groups is 1. The molecule has 306 valence electrons. The second-order valence-electron chi connectivity index (χ2n) is 15.1. The summed E-state index contributed by atoms with van der Waals surface area (Å²) >= 11 is 0. The van der Waals surface area contributed by atoms with Gasteiger partial charge >= 0.3 is 13.8 Å². The van der Waals surface area contributed by atoms with Gasteiger partial charge in [-0.05, 0) is 6.42 Å². The van der Waals surface area contributed by atoms with E-state index in [-0.39, 0.29) is 25.7 Å². The number of nitrogens with two attached hydrogens (primary N) is 1. The fourth-order valence-electron chi connectivity index (χ4n) is 6.69. The molecule has 0 spiro atoms. The number of phosphoric acid groups is 1. The highest BCUT2D eigenvalue weighted by molar-refractivity contribution is 7.47. The van der Waals surface area contributed by atoms with Crippen molar-refractivity contribution >= 4 is 13.8 Å². The first-order valence-electron chi connectivity index (χ1n) is 22.1. The van der Waals surface area contributed by atoms with Gasteiger partial charge in [0.1, 0.15) is 12.7 Å². The zero-order valence-electron chi connectivity index (χ0n) is 33.6. The molecule has 8 nitrogen and oxygen atoms in total. The summed E-state index contributed by atoms with van der Waals surface area (Å²) in [5.41, 5.74) is 5.20. The number of hydrogen-bond donors (Lipinski definition) is 3. The van der Waals surface area contributed by atoms with Gasteiger partial charge in [0.25, 0.3) is 0 Å². The Balaban J connectivity index is 3.22. The summed E-state index contributed by atoms with van der Waals surface area (Å²) in [4.78, 5) is 21.2. The lowest BCUT2D eigenvalue weighted by Gasteiger charge is -2.15. The topological polar surface area (TPSA) is 128 Å². The second-order valence-corrected chi connectivity index (χ2v) is 16.6. The third-order valence-corrected chi connectivity index (χ3v) is 11.0. The lowest BCUT2D eigenvalue weighted by molar-refractivity contribution is -0.147. The number of ether oxygens (including phenoxy) is 1. The smallest absolute Gasteiger partial charge is 0.463 e. The normalized spacial score (nSPS) is 13.4. The zero-order valence-corrected chi connectivity index (χ0v) is 34.5. The van der Waals surface area contributed by atoms with Crippen LogP contribution in [-0.2, 0) is 23.1 Å². The van der Waals surface area contributed by atoms with Crippen molar-refractivity contribution in [2.24, 2.45) is 5.73 Å². The van der Waals surface area contributed by atoms with Crippen LogP contribution in [0.3, 0.4) is 0 Å². The Morgan fingerprint density at radius 1 is 0.510 bits per heavy atom. The highest BCUT2D eigenvalue weighted by atomic mass is 31.2. The number of hydrogen-bond acceptors (Lipinski definition) is 7. The van der Waals surface area contributed by atoms with Gasteiger partial charge in [0.2, 0.25) is 0 Å². The minimum atomic E-state index is -4.25. The molecule has 0 aliphatic heterocycles. The first kappa shape index (κ1) is 50.5. The van der Waals surface area contributed by atoms with Gasteiger partial charge in [-0.15, -0.1) is 0 Å². The molecule has 0 radical (unpaired) electrons. The molecule has 0 saturated carbocycles. The van der Waals surface area contributed by atoms with E-state index in [2.05, 4.69) is 16.0 Å². The minimum Gasteiger partial charge on any atom is -0.463 e. The number of aliphatic hydroxyl groups excluding tert-OH is 1. The number of carbonyl (C=O) groups is 1. The van der Waals surface area contributed by atoms with Gasteiger partial charge in [-0.2, -0.15) is 0 Å². The van der Waals surface area contributed by atoms with Crippen LogP contribution >= 0.6 is 7.82 Å². The third kappa shape index (κ3) is 42.1. The van der Waals surface area contributed by atoms with E-state index < -0.39 is 20.5 Å². The predicted molar refractivity (Wildman–Crippen MR) is 215 cm³/mol. The van der Waals surface area contributed by atoms with Crippen molar-refractivity contribution in [3.63, 3.8) is 0 Å². The Bertz CT molecular complexity index is 757. The largest absolute Gasteiger partial charge is 0.472 e. The number of carbonyl (C=O) groups excluding carboxylic acids is 1. The Morgan fingerprint density at radius 2 is 0.804 bits per heavy atom. The summed E-state index contributed by atoms with van der Waals surface area (Å²) in [7, 11) is -4.25. The van der Waals surface area contributed by atoms with Gasteiger partial charge in [0.15, 0.2) is 0 Å². The van der Waals surface area contributed by atoms with Crippen LogP contribution in [0.2, 0.25) is 0 Å². The predicted octanol–water partition coefficient (Wildman–Crippen LogP) is 12.7. The number of esters is 1. The molecule has 2 unspecified atom stereocenters. The molecule has 0 bridgehead atoms. The van der Waals surface area contributed by atoms with Crippen molar-refractivity contribution in [3.05, 3.63) is 0 Å². The van der Waals surface area contributed by atoms with Crippen LogP contribution in [0, 0.1) is 0 Å². The summed E-state index contributed by atoms with van der Waals surface area (Å²) in [6.07, 6.45) is 46.0. The number of aliphatic hydroxyl groups is 1. The fourth-order valence-corrected chi connectivity index (χ4v) is 7.47. The van der Waals surface area contributed by atoms with E-state index in [0.717, 1.165) is 19.3 Å². The number of rotatable bonds is 43. The monoisotopic (exact) mass is 748 g/mol. The molecule has 0 aromatic heterocycles. The van der Waals surface area contributed by atoms with Crippen molar-refractivity contribution in [1.82, 2.24) is 0 Å². The van der Waals surface area contributed by atoms with Gasteiger partial charge in [0, 0.05) is 13.0 Å². The molecule has 2 atom stereocenters. The van der Waals surface area contributed by atoms with Crippen molar-refractivity contribution < 1.29 is 33.1 Å². The van der Waals surface area contributed by atoms with Crippen molar-refractivity contribution in [2.45, 2.75) is 238 Å². The molecule has 0 heterocycles. The number of unbranched alkanes of at least 4 members (excludes halogenated alkanes) is 33. The molecule has 4 N–H and O–H groups in total. The Hall–Kier alpha value is -0.500. The molecule has 0 aliphatic rings. The maximum Gasteiger partial charge on any atom is 0.472 e. The molecule has 0 aromatic rings. The molecule has 0 saturated heterocycles. The van der Waals surface area contributed by atoms with Crippen molar-refractivity contribution in [1.29, 1.82) is 0 Å². The molecule has 0 fully saturated rings. The van der Waals surface area contributed by atoms with Gasteiger partial charge in [-0.3, -0.25) is 13.8 Å². The maximum atomic E-state index is 11.8. The molecule has 0 amide bonds. The first-order chi connectivity index (χ1) is 24.9. The quantitative estimate of drug-likeness (QED) is 0.0319. The lowest BCUT2D eigenvalue weighted by atomic mass is 10.0. The van der Waals surface area contributed by atoms with E-state index in [4.69, 9.17) is 10.5 Å². The minimum absolute atomic E-state index is 0.0772. The molecular weight excluding hydrogens is 661 g/mol. The Labute approximate surface area is 316 Å². The van der Waals surface area contributed by atoms with E-state index in [9.17, 15) is 19.4 Å². The molecule has 51 heavy (non-hydrogen) atoms. The average molecular weight is 748 g/mol. The summed E-state index contributed by atoms with van der Waals surface area (Å²) in [5, 5.41) is 9.77. The van der Waals surface area contributed by atoms with Gasteiger partial charge in [0.05, 0.1) is 13.2 Å². The Morgan fingerprint density at radius 3 is 1.10 bits per heavy atom. The molecule has 0 aromatic carbocycles. The molecular formula is C42H86NO7P. The zero-order chi connectivity index (χ0) is 37.4. The fraction of sp³-hybridized carbons (Fsp3) is 0.976. The van der Waals surface area contributed by atoms with E-state index in [0.29, 0.717) is 6.42 Å². The van der Waals surface area contributed by atoms with Crippen LogP contribution in [0.25, 0.3) is 0 Å². The molecule has 0 rings (SSSR count). The van der Waals surface area contributed by atoms with Crippen LogP contribution in [0.15, 0.2) is 0 Å². The molecule has 9 heteroatoms. The highest BCUT2D eigenvalue weighted by Gasteiger charge is 2.22. The van der Waals surface area contributed by atoms with E-state index in [1.54, 1.807) is 0 Å². The van der Waals surface area contributed by atoms with Crippen molar-refractivity contribution in [3.8, 4) is 0 Å². The van der Waals surface area contributed by atoms with Gasteiger partial charge in [-0.25, -0.2) is 4.57 Å².